The molecule has 142 valence electrons. The van der Waals surface area contributed by atoms with E-state index in [1.54, 1.807) is 24.3 Å². The van der Waals surface area contributed by atoms with Gasteiger partial charge in [-0.05, 0) is 23.8 Å². The lowest BCUT2D eigenvalue weighted by atomic mass is 10.3. The van der Waals surface area contributed by atoms with Crippen LogP contribution in [-0.2, 0) is 6.54 Å². The summed E-state index contributed by atoms with van der Waals surface area (Å²) in [4.78, 5) is 18.6. The van der Waals surface area contributed by atoms with Crippen LogP contribution >= 0.6 is 46.4 Å². The van der Waals surface area contributed by atoms with Crippen molar-refractivity contribution in [2.45, 2.75) is 6.54 Å². The minimum atomic E-state index is -0.497. The number of aromatic nitrogens is 1. The second-order valence-electron chi connectivity index (χ2n) is 5.27. The van der Waals surface area contributed by atoms with Crippen LogP contribution < -0.4 is 5.43 Å². The Hall–Kier alpha value is -1.90. The zero-order chi connectivity index (χ0) is 20.0. The first-order valence-electron chi connectivity index (χ1n) is 7.39. The molecule has 0 fully saturated rings. The molecule has 2 rings (SSSR count). The molecular formula is C16H13Cl4N5O2. The molecule has 0 saturated heterocycles. The molecule has 0 unspecified atom stereocenters. The molecule has 0 amide bonds. The predicted molar refractivity (Wildman–Crippen MR) is 109 cm³/mol. The van der Waals surface area contributed by atoms with Crippen LogP contribution in [0.4, 0.5) is 11.4 Å². The van der Waals surface area contributed by atoms with Crippen molar-refractivity contribution in [2.75, 3.05) is 7.05 Å². The average Bonchev–Trinajstić information content (AvgIpc) is 2.62. The third-order valence-electron chi connectivity index (χ3n) is 3.18. The Morgan fingerprint density at radius 1 is 1.22 bits per heavy atom. The first-order chi connectivity index (χ1) is 12.8. The maximum absolute atomic E-state index is 10.7. The molecule has 0 radical (unpaired) electrons. The highest BCUT2D eigenvalue weighted by Gasteiger charge is 2.13. The van der Waals surface area contributed by atoms with Crippen molar-refractivity contribution in [1.29, 1.82) is 0 Å². The topological polar surface area (TPSA) is 83.7 Å². The summed E-state index contributed by atoms with van der Waals surface area (Å²) in [6.07, 6.45) is 1.64. The van der Waals surface area contributed by atoms with Gasteiger partial charge in [0.15, 0.2) is 5.84 Å². The van der Waals surface area contributed by atoms with Crippen LogP contribution in [0.5, 0.6) is 0 Å². The fraction of sp³-hybridized carbons (Fsp3) is 0.125. The number of hydrogen-bond donors (Lipinski definition) is 1. The number of nitro groups is 1. The third kappa shape index (κ3) is 6.64. The molecule has 11 heteroatoms. The monoisotopic (exact) mass is 447 g/mol. The number of benzene rings is 1. The molecule has 1 aromatic heterocycles. The second kappa shape index (κ2) is 9.87. The Kier molecular flexibility index (Phi) is 7.82. The number of amidine groups is 1. The van der Waals surface area contributed by atoms with Crippen LogP contribution in [0.25, 0.3) is 0 Å². The fourth-order valence-electron chi connectivity index (χ4n) is 1.98. The number of hydrogen-bond acceptors (Lipinski definition) is 5. The van der Waals surface area contributed by atoms with Crippen molar-refractivity contribution in [3.63, 3.8) is 0 Å². The second-order valence-corrected chi connectivity index (χ2v) is 6.98. The van der Waals surface area contributed by atoms with Crippen molar-refractivity contribution >= 4 is 63.6 Å². The maximum Gasteiger partial charge on any atom is 0.269 e. The zero-order valence-corrected chi connectivity index (χ0v) is 16.9. The molecule has 0 bridgehead atoms. The van der Waals surface area contributed by atoms with Gasteiger partial charge in [0.05, 0.1) is 10.6 Å². The number of nitrogens with zero attached hydrogens (tertiary/aromatic N) is 4. The van der Waals surface area contributed by atoms with Crippen molar-refractivity contribution < 1.29 is 4.92 Å². The molecule has 0 aliphatic rings. The summed E-state index contributed by atoms with van der Waals surface area (Å²) in [7, 11) is 1.76. The molecule has 2 aromatic rings. The van der Waals surface area contributed by atoms with Crippen LogP contribution in [0, 0.1) is 10.1 Å². The summed E-state index contributed by atoms with van der Waals surface area (Å²) < 4.78 is -0.175. The summed E-state index contributed by atoms with van der Waals surface area (Å²) >= 11 is 23.5. The molecule has 1 heterocycles. The smallest absolute Gasteiger partial charge is 0.269 e. The number of hydrazine groups is 1. The Bertz CT molecular complexity index is 865. The molecule has 0 saturated carbocycles. The standard InChI is InChI=1S/C16H13Cl4N5O2/c1-24(9-10-2-7-13(17)21-8-10)23-16(14(18)15(19)20)22-11-3-5-12(6-4-11)25(26)27/h2-8H,9H2,1H3,(H,22,23). The summed E-state index contributed by atoms with van der Waals surface area (Å²) in [6.45, 7) is 0.452. The van der Waals surface area contributed by atoms with Gasteiger partial charge in [0.25, 0.3) is 5.69 Å². The quantitative estimate of drug-likeness (QED) is 0.216. The van der Waals surface area contributed by atoms with Crippen molar-refractivity contribution in [3.8, 4) is 0 Å². The van der Waals surface area contributed by atoms with Gasteiger partial charge in [-0.1, -0.05) is 52.5 Å². The molecule has 27 heavy (non-hydrogen) atoms. The number of non-ortho nitro benzene ring substituents is 1. The van der Waals surface area contributed by atoms with E-state index in [0.29, 0.717) is 17.4 Å². The predicted octanol–water partition coefficient (Wildman–Crippen LogP) is 5.20. The van der Waals surface area contributed by atoms with Crippen LogP contribution in [-0.4, -0.2) is 27.8 Å². The van der Waals surface area contributed by atoms with Gasteiger partial charge in [0.1, 0.15) is 14.7 Å². The van der Waals surface area contributed by atoms with Crippen LogP contribution in [0.3, 0.4) is 0 Å². The van der Waals surface area contributed by atoms with E-state index in [1.165, 1.54) is 24.3 Å². The van der Waals surface area contributed by atoms with E-state index in [4.69, 9.17) is 46.4 Å². The molecule has 0 spiro atoms. The van der Waals surface area contributed by atoms with Crippen LogP contribution in [0.1, 0.15) is 5.56 Å². The largest absolute Gasteiger partial charge is 0.302 e. The van der Waals surface area contributed by atoms with E-state index >= 15 is 0 Å². The highest BCUT2D eigenvalue weighted by atomic mass is 35.5. The summed E-state index contributed by atoms with van der Waals surface area (Å²) in [5.41, 5.74) is 4.25. The minimum absolute atomic E-state index is 0.00207. The lowest BCUT2D eigenvalue weighted by Gasteiger charge is -2.20. The van der Waals surface area contributed by atoms with Crippen molar-refractivity contribution in [3.05, 3.63) is 72.9 Å². The SMILES string of the molecule is CN(Cc1ccc(Cl)nc1)NC(=Nc1ccc([N+](=O)[O-])cc1)C(Cl)=C(Cl)Cl. The third-order valence-corrected chi connectivity index (χ3v) is 4.34. The molecule has 1 N–H and O–H groups in total. The number of pyridine rings is 1. The Morgan fingerprint density at radius 3 is 2.41 bits per heavy atom. The van der Waals surface area contributed by atoms with Gasteiger partial charge < -0.3 is 5.43 Å². The molecule has 0 aliphatic carbocycles. The van der Waals surface area contributed by atoms with Crippen LogP contribution in [0.15, 0.2) is 57.1 Å². The van der Waals surface area contributed by atoms with Gasteiger partial charge >= 0.3 is 0 Å². The number of rotatable bonds is 6. The highest BCUT2D eigenvalue weighted by Crippen LogP contribution is 2.23. The first-order valence-corrected chi connectivity index (χ1v) is 8.90. The Labute approximate surface area is 175 Å². The Morgan fingerprint density at radius 2 is 1.89 bits per heavy atom. The number of nitro benzene ring substituents is 1. The fourth-order valence-corrected chi connectivity index (χ4v) is 2.36. The minimum Gasteiger partial charge on any atom is -0.302 e. The molecular weight excluding hydrogens is 436 g/mol. The Balaban J connectivity index is 2.22. The average molecular weight is 449 g/mol. The van der Waals surface area contributed by atoms with Crippen molar-refractivity contribution in [1.82, 2.24) is 15.4 Å². The first kappa shape index (κ1) is 21.4. The lowest BCUT2D eigenvalue weighted by molar-refractivity contribution is -0.384. The number of nitrogens with one attached hydrogen (secondary N) is 1. The van der Waals surface area contributed by atoms with E-state index in [2.05, 4.69) is 15.4 Å². The maximum atomic E-state index is 10.7. The summed E-state index contributed by atoms with van der Waals surface area (Å²) in [5, 5.41) is 12.8. The normalized spacial score (nSPS) is 11.4. The molecule has 0 aliphatic heterocycles. The van der Waals surface area contributed by atoms with Gasteiger partial charge in [-0.3, -0.25) is 10.1 Å². The molecule has 0 atom stereocenters. The molecule has 7 nitrogen and oxygen atoms in total. The molecule has 1 aromatic carbocycles. The number of aliphatic imine (C=N–C) groups is 1. The zero-order valence-electron chi connectivity index (χ0n) is 13.9. The van der Waals surface area contributed by atoms with E-state index in [9.17, 15) is 10.1 Å². The summed E-state index contributed by atoms with van der Waals surface area (Å²) in [5.74, 6) is 0.176. The van der Waals surface area contributed by atoms with E-state index in [-0.39, 0.29) is 21.0 Å². The van der Waals surface area contributed by atoms with Gasteiger partial charge in [-0.15, -0.1) is 0 Å². The van der Waals surface area contributed by atoms with E-state index in [1.807, 2.05) is 6.07 Å². The number of halogens is 4. The van der Waals surface area contributed by atoms with E-state index in [0.717, 1.165) is 5.56 Å². The van der Waals surface area contributed by atoms with Crippen LogP contribution in [0.2, 0.25) is 5.15 Å². The van der Waals surface area contributed by atoms with E-state index < -0.39 is 4.92 Å². The lowest BCUT2D eigenvalue weighted by Crippen LogP contribution is -2.39. The summed E-state index contributed by atoms with van der Waals surface area (Å²) in [6, 6.07) is 9.13. The van der Waals surface area contributed by atoms with Gasteiger partial charge in [-0.2, -0.15) is 0 Å². The highest BCUT2D eigenvalue weighted by molar-refractivity contribution is 6.62. The van der Waals surface area contributed by atoms with Gasteiger partial charge in [0, 0.05) is 31.9 Å². The van der Waals surface area contributed by atoms with Gasteiger partial charge in [0.2, 0.25) is 0 Å². The van der Waals surface area contributed by atoms with Gasteiger partial charge in [-0.25, -0.2) is 15.0 Å². The van der Waals surface area contributed by atoms with Crippen molar-refractivity contribution in [2.24, 2.45) is 4.99 Å².